The molecule has 0 saturated carbocycles. The van der Waals surface area contributed by atoms with E-state index in [9.17, 15) is 9.59 Å². The van der Waals surface area contributed by atoms with Crippen LogP contribution < -0.4 is 5.32 Å². The van der Waals surface area contributed by atoms with Gasteiger partial charge in [0.15, 0.2) is 16.6 Å². The van der Waals surface area contributed by atoms with Gasteiger partial charge in [0.2, 0.25) is 0 Å². The number of ketones is 1. The zero-order valence-corrected chi connectivity index (χ0v) is 12.6. The lowest BCUT2D eigenvalue weighted by atomic mass is 10.1. The van der Waals surface area contributed by atoms with Gasteiger partial charge >= 0.3 is 5.97 Å². The number of aromatic nitrogens is 1. The molecular formula is C14H16N2O4S. The molecule has 0 aliphatic heterocycles. The van der Waals surface area contributed by atoms with Crippen LogP contribution in [0.4, 0.5) is 5.13 Å². The molecule has 0 aliphatic rings. The number of rotatable bonds is 7. The molecule has 0 spiro atoms. The van der Waals surface area contributed by atoms with E-state index in [4.69, 9.17) is 9.52 Å². The van der Waals surface area contributed by atoms with Crippen molar-refractivity contribution < 1.29 is 19.1 Å². The Morgan fingerprint density at radius 3 is 2.81 bits per heavy atom. The molecule has 6 nitrogen and oxygen atoms in total. The summed E-state index contributed by atoms with van der Waals surface area (Å²) in [6.07, 6.45) is 3.22. The number of thiazole rings is 1. The van der Waals surface area contributed by atoms with Crippen LogP contribution in [-0.4, -0.2) is 27.9 Å². The summed E-state index contributed by atoms with van der Waals surface area (Å²) in [5.74, 6) is -0.577. The summed E-state index contributed by atoms with van der Waals surface area (Å²) in [6, 6.07) is 3.83. The number of carbonyl (C=O) groups is 2. The molecule has 0 radical (unpaired) electrons. The van der Waals surface area contributed by atoms with Gasteiger partial charge in [-0.15, -0.1) is 0 Å². The Hall–Kier alpha value is -2.15. The predicted octanol–water partition coefficient (Wildman–Crippen LogP) is 3.07. The van der Waals surface area contributed by atoms with Gasteiger partial charge in [-0.1, -0.05) is 11.3 Å². The van der Waals surface area contributed by atoms with Crippen molar-refractivity contribution in [3.63, 3.8) is 0 Å². The highest BCUT2D eigenvalue weighted by Crippen LogP contribution is 2.24. The summed E-state index contributed by atoms with van der Waals surface area (Å²) in [5, 5.41) is 12.6. The molecule has 2 rings (SSSR count). The van der Waals surface area contributed by atoms with Crippen molar-refractivity contribution in [2.75, 3.05) is 5.32 Å². The Bertz CT molecular complexity index is 602. The van der Waals surface area contributed by atoms with Crippen molar-refractivity contribution >= 4 is 28.2 Å². The quantitative estimate of drug-likeness (QED) is 0.764. The van der Waals surface area contributed by atoms with Crippen LogP contribution in [0, 0.1) is 0 Å². The molecule has 2 heterocycles. The number of nitrogens with one attached hydrogen (secondary N) is 1. The van der Waals surface area contributed by atoms with Crippen LogP contribution in [-0.2, 0) is 6.42 Å². The number of Topliss-reactive ketones (excluding diaryl/α,β-unsaturated/α-hetero) is 1. The highest BCUT2D eigenvalue weighted by Gasteiger charge is 2.21. The zero-order chi connectivity index (χ0) is 15.4. The van der Waals surface area contributed by atoms with E-state index < -0.39 is 5.97 Å². The van der Waals surface area contributed by atoms with Gasteiger partial charge in [-0.3, -0.25) is 4.79 Å². The predicted molar refractivity (Wildman–Crippen MR) is 79.2 cm³/mol. The van der Waals surface area contributed by atoms with E-state index in [-0.39, 0.29) is 22.4 Å². The number of aromatic carboxylic acids is 1. The summed E-state index contributed by atoms with van der Waals surface area (Å²) in [7, 11) is 0. The molecule has 112 valence electrons. The number of carboxylic acid groups (broad SMARTS) is 1. The standard InChI is InChI=1S/C14H16N2O4S/c1-8(5-6-10-4-3-7-20-10)15-14-16-11(13(18)19)12(21-14)9(2)17/h3-4,7-8H,5-6H2,1-2H3,(H,15,16)(H,18,19). The second-order valence-corrected chi connectivity index (χ2v) is 5.72. The van der Waals surface area contributed by atoms with Gasteiger partial charge in [0.1, 0.15) is 10.6 Å². The minimum atomic E-state index is -1.19. The van der Waals surface area contributed by atoms with Crippen molar-refractivity contribution in [3.8, 4) is 0 Å². The number of nitrogens with zero attached hydrogens (tertiary/aromatic N) is 1. The molecule has 0 fully saturated rings. The first kappa shape index (κ1) is 15.2. The van der Waals surface area contributed by atoms with Gasteiger partial charge in [0, 0.05) is 19.4 Å². The third-order valence-corrected chi connectivity index (χ3v) is 4.01. The van der Waals surface area contributed by atoms with Crippen LogP contribution in [0.15, 0.2) is 22.8 Å². The first-order chi connectivity index (χ1) is 9.97. The molecule has 0 bridgehead atoms. The Kier molecular flexibility index (Phi) is 4.74. The van der Waals surface area contributed by atoms with E-state index in [2.05, 4.69) is 10.3 Å². The fourth-order valence-corrected chi connectivity index (χ4v) is 2.83. The molecule has 2 N–H and O–H groups in total. The van der Waals surface area contributed by atoms with Gasteiger partial charge in [-0.2, -0.15) is 0 Å². The van der Waals surface area contributed by atoms with Gasteiger partial charge in [0.25, 0.3) is 0 Å². The maximum atomic E-state index is 11.4. The van der Waals surface area contributed by atoms with Crippen LogP contribution in [0.25, 0.3) is 0 Å². The minimum absolute atomic E-state index is 0.0858. The van der Waals surface area contributed by atoms with Gasteiger partial charge in [-0.05, 0) is 25.5 Å². The number of carboxylic acids is 1. The van der Waals surface area contributed by atoms with Crippen LogP contribution in [0.3, 0.4) is 0 Å². The summed E-state index contributed by atoms with van der Waals surface area (Å²) in [5.41, 5.74) is -0.187. The average molecular weight is 308 g/mol. The van der Waals surface area contributed by atoms with E-state index in [1.807, 2.05) is 19.1 Å². The number of carbonyl (C=O) groups excluding carboxylic acids is 1. The van der Waals surface area contributed by atoms with E-state index in [0.717, 1.165) is 29.9 Å². The highest BCUT2D eigenvalue weighted by molar-refractivity contribution is 7.17. The smallest absolute Gasteiger partial charge is 0.356 e. The molecule has 1 atom stereocenters. The minimum Gasteiger partial charge on any atom is -0.476 e. The Morgan fingerprint density at radius 2 is 2.29 bits per heavy atom. The van der Waals surface area contributed by atoms with Crippen LogP contribution in [0.1, 0.15) is 46.2 Å². The van der Waals surface area contributed by atoms with Crippen molar-refractivity contribution in [3.05, 3.63) is 34.7 Å². The molecular weight excluding hydrogens is 292 g/mol. The molecule has 0 amide bonds. The van der Waals surface area contributed by atoms with Crippen LogP contribution in [0.2, 0.25) is 0 Å². The molecule has 0 aromatic carbocycles. The molecule has 0 saturated heterocycles. The van der Waals surface area contributed by atoms with Crippen molar-refractivity contribution in [2.24, 2.45) is 0 Å². The van der Waals surface area contributed by atoms with Crippen molar-refractivity contribution in [1.82, 2.24) is 4.98 Å². The van der Waals surface area contributed by atoms with Crippen LogP contribution in [0.5, 0.6) is 0 Å². The Morgan fingerprint density at radius 1 is 1.52 bits per heavy atom. The maximum Gasteiger partial charge on any atom is 0.356 e. The van der Waals surface area contributed by atoms with Crippen molar-refractivity contribution in [2.45, 2.75) is 32.7 Å². The Labute approximate surface area is 125 Å². The lowest BCUT2D eigenvalue weighted by Gasteiger charge is -2.11. The molecule has 7 heteroatoms. The number of furan rings is 1. The third kappa shape index (κ3) is 3.91. The third-order valence-electron chi connectivity index (χ3n) is 2.92. The number of hydrogen-bond acceptors (Lipinski definition) is 6. The summed E-state index contributed by atoms with van der Waals surface area (Å²) < 4.78 is 5.26. The SMILES string of the molecule is CC(=O)c1sc(NC(C)CCc2ccco2)nc1C(=O)O. The summed E-state index contributed by atoms with van der Waals surface area (Å²) in [4.78, 5) is 26.6. The fourth-order valence-electron chi connectivity index (χ4n) is 1.86. The van der Waals surface area contributed by atoms with Crippen LogP contribution >= 0.6 is 11.3 Å². The normalized spacial score (nSPS) is 12.1. The second-order valence-electron chi connectivity index (χ2n) is 4.72. The largest absolute Gasteiger partial charge is 0.476 e. The van der Waals surface area contributed by atoms with Gasteiger partial charge in [0.05, 0.1) is 6.26 Å². The molecule has 21 heavy (non-hydrogen) atoms. The van der Waals surface area contributed by atoms with E-state index in [1.54, 1.807) is 6.26 Å². The van der Waals surface area contributed by atoms with E-state index in [1.165, 1.54) is 6.92 Å². The van der Waals surface area contributed by atoms with Crippen molar-refractivity contribution in [1.29, 1.82) is 0 Å². The first-order valence-electron chi connectivity index (χ1n) is 6.51. The van der Waals surface area contributed by atoms with Gasteiger partial charge in [-0.25, -0.2) is 9.78 Å². The molecule has 0 aliphatic carbocycles. The Balaban J connectivity index is 2.00. The zero-order valence-electron chi connectivity index (χ0n) is 11.8. The maximum absolute atomic E-state index is 11.4. The molecule has 2 aromatic heterocycles. The fraction of sp³-hybridized carbons (Fsp3) is 0.357. The highest BCUT2D eigenvalue weighted by atomic mass is 32.1. The van der Waals surface area contributed by atoms with E-state index >= 15 is 0 Å². The first-order valence-corrected chi connectivity index (χ1v) is 7.33. The van der Waals surface area contributed by atoms with Gasteiger partial charge < -0.3 is 14.8 Å². The second kappa shape index (κ2) is 6.53. The molecule has 1 unspecified atom stereocenters. The average Bonchev–Trinajstić information content (AvgIpc) is 3.05. The monoisotopic (exact) mass is 308 g/mol. The summed E-state index contributed by atoms with van der Waals surface area (Å²) in [6.45, 7) is 3.31. The summed E-state index contributed by atoms with van der Waals surface area (Å²) >= 11 is 1.07. The topological polar surface area (TPSA) is 92.4 Å². The van der Waals surface area contributed by atoms with E-state index in [0.29, 0.717) is 5.13 Å². The molecule has 2 aromatic rings. The number of aryl methyl sites for hydroxylation is 1. The number of hydrogen-bond donors (Lipinski definition) is 2. The number of anilines is 1. The lowest BCUT2D eigenvalue weighted by Crippen LogP contribution is -2.15. The lowest BCUT2D eigenvalue weighted by molar-refractivity contribution is 0.0687.